The van der Waals surface area contributed by atoms with E-state index >= 15 is 0 Å². The molecule has 2 aromatic carbocycles. The average molecular weight is 511 g/mol. The number of carboxylic acid groups (broad SMARTS) is 1. The average Bonchev–Trinajstić information content (AvgIpc) is 3.32. The maximum atomic E-state index is 12.9. The zero-order chi connectivity index (χ0) is 26.7. The molecular weight excluding hydrogens is 491 g/mol. The number of hydrogen-bond acceptors (Lipinski definition) is 5. The van der Waals surface area contributed by atoms with Crippen LogP contribution in [0.25, 0.3) is 21.9 Å². The quantitative estimate of drug-likeness (QED) is 0.427. The number of carbonyl (C=O) groups is 2. The fourth-order valence-electron chi connectivity index (χ4n) is 3.88. The molecule has 2 N–H and O–H groups in total. The van der Waals surface area contributed by atoms with Gasteiger partial charge in [0.2, 0.25) is 0 Å². The summed E-state index contributed by atoms with van der Waals surface area (Å²) in [4.78, 5) is 38.4. The molecule has 2 aromatic heterocycles. The molecule has 1 aliphatic rings. The number of nitrogens with one attached hydrogen (secondary N) is 1. The number of halogens is 3. The summed E-state index contributed by atoms with van der Waals surface area (Å²) in [5.74, 6) is -2.38. The molecule has 8 nitrogen and oxygen atoms in total. The molecule has 0 fully saturated rings. The van der Waals surface area contributed by atoms with Crippen molar-refractivity contribution in [1.82, 2.24) is 9.55 Å². The van der Waals surface area contributed by atoms with Gasteiger partial charge in [-0.25, -0.2) is 4.79 Å². The van der Waals surface area contributed by atoms with E-state index in [0.717, 1.165) is 27.5 Å². The van der Waals surface area contributed by atoms with Crippen molar-refractivity contribution in [2.75, 3.05) is 5.32 Å². The molecule has 4 aromatic rings. The topological polar surface area (TPSA) is 111 Å². The summed E-state index contributed by atoms with van der Waals surface area (Å²) in [6.45, 7) is 0. The number of fused-ring (bicyclic) bond motifs is 3. The van der Waals surface area contributed by atoms with Gasteiger partial charge in [-0.1, -0.05) is 30.3 Å². The van der Waals surface area contributed by atoms with Gasteiger partial charge in [0.05, 0.1) is 0 Å². The second kappa shape index (κ2) is 10.1. The Hall–Kier alpha value is -4.67. The van der Waals surface area contributed by atoms with E-state index in [0.29, 0.717) is 12.2 Å². The molecule has 1 unspecified atom stereocenters. The van der Waals surface area contributed by atoms with Gasteiger partial charge in [0.1, 0.15) is 11.4 Å². The molecule has 3 heterocycles. The number of benzene rings is 2. The molecule has 0 aliphatic carbocycles. The molecule has 11 heteroatoms. The number of nitrogens with zero attached hydrogens (tertiary/aromatic N) is 2. The molecule has 37 heavy (non-hydrogen) atoms. The Labute approximate surface area is 208 Å². The second-order valence-electron chi connectivity index (χ2n) is 8.16. The second-order valence-corrected chi connectivity index (χ2v) is 8.16. The van der Waals surface area contributed by atoms with Crippen molar-refractivity contribution in [1.29, 1.82) is 0 Å². The number of aromatic nitrogens is 2. The number of aliphatic carboxylic acids is 1. The summed E-state index contributed by atoms with van der Waals surface area (Å²) in [7, 11) is 1.66. The minimum absolute atomic E-state index is 0.223. The summed E-state index contributed by atoms with van der Waals surface area (Å²) in [5.41, 5.74) is 2.69. The summed E-state index contributed by atoms with van der Waals surface area (Å²) in [5, 5.41) is 12.1. The molecule has 0 radical (unpaired) electrons. The van der Waals surface area contributed by atoms with E-state index in [-0.39, 0.29) is 17.2 Å². The maximum absolute atomic E-state index is 12.9. The first-order valence-electron chi connectivity index (χ1n) is 10.9. The van der Waals surface area contributed by atoms with Gasteiger partial charge in [0, 0.05) is 43.2 Å². The Kier molecular flexibility index (Phi) is 6.96. The first kappa shape index (κ1) is 25.4. The highest BCUT2D eigenvalue weighted by Crippen LogP contribution is 2.35. The maximum Gasteiger partial charge on any atom is 0.490 e. The molecular formula is C26H20F3N3O5. The zero-order valence-corrected chi connectivity index (χ0v) is 19.3. The summed E-state index contributed by atoms with van der Waals surface area (Å²) >= 11 is 0. The SMILES string of the molecule is Cn1cc(-c2ccncc2)cc(NC(=O)C2Cc3c(ccc4ccccc34)O2)c1=O.O=C(O)C(F)(F)F. The molecule has 190 valence electrons. The smallest absolute Gasteiger partial charge is 0.480 e. The molecule has 0 saturated carbocycles. The van der Waals surface area contributed by atoms with Crippen LogP contribution >= 0.6 is 0 Å². The molecule has 0 saturated heterocycles. The number of carbonyl (C=O) groups excluding carboxylic acids is 1. The number of aryl methyl sites for hydroxylation is 1. The fraction of sp³-hybridized carbons (Fsp3) is 0.154. The van der Waals surface area contributed by atoms with Gasteiger partial charge in [0.25, 0.3) is 11.5 Å². The number of ether oxygens (including phenoxy) is 1. The van der Waals surface area contributed by atoms with Gasteiger partial charge in [-0.15, -0.1) is 0 Å². The Morgan fingerprint density at radius 2 is 1.76 bits per heavy atom. The van der Waals surface area contributed by atoms with E-state index in [1.807, 2.05) is 48.5 Å². The van der Waals surface area contributed by atoms with Crippen molar-refractivity contribution >= 4 is 28.3 Å². The lowest BCUT2D eigenvalue weighted by molar-refractivity contribution is -0.192. The Bertz CT molecular complexity index is 1530. The Morgan fingerprint density at radius 1 is 1.08 bits per heavy atom. The lowest BCUT2D eigenvalue weighted by Gasteiger charge is -2.13. The van der Waals surface area contributed by atoms with Crippen molar-refractivity contribution < 1.29 is 32.6 Å². The molecule has 0 bridgehead atoms. The molecule has 1 aliphatic heterocycles. The van der Waals surface area contributed by atoms with Crippen LogP contribution in [0.1, 0.15) is 5.56 Å². The Morgan fingerprint density at radius 3 is 2.43 bits per heavy atom. The van der Waals surface area contributed by atoms with Crippen LogP contribution in [0.5, 0.6) is 5.75 Å². The van der Waals surface area contributed by atoms with Gasteiger partial charge in [-0.2, -0.15) is 13.2 Å². The first-order chi connectivity index (χ1) is 17.5. The van der Waals surface area contributed by atoms with Gasteiger partial charge in [0.15, 0.2) is 6.10 Å². The highest BCUT2D eigenvalue weighted by Gasteiger charge is 2.38. The number of anilines is 1. The van der Waals surface area contributed by atoms with Crippen molar-refractivity contribution in [3.05, 3.63) is 89.1 Å². The van der Waals surface area contributed by atoms with Crippen LogP contribution in [0, 0.1) is 0 Å². The van der Waals surface area contributed by atoms with Crippen LogP contribution in [0.3, 0.4) is 0 Å². The lowest BCUT2D eigenvalue weighted by atomic mass is 10.0. The Balaban J connectivity index is 0.000000405. The van der Waals surface area contributed by atoms with Crippen LogP contribution in [0.2, 0.25) is 0 Å². The number of hydrogen-bond donors (Lipinski definition) is 2. The van der Waals surface area contributed by atoms with Crippen LogP contribution in [-0.2, 0) is 23.1 Å². The molecule has 1 amide bonds. The predicted octanol–water partition coefficient (Wildman–Crippen LogP) is 4.18. The van der Waals surface area contributed by atoms with E-state index in [2.05, 4.69) is 10.3 Å². The third kappa shape index (κ3) is 5.61. The zero-order valence-electron chi connectivity index (χ0n) is 19.3. The van der Waals surface area contributed by atoms with E-state index in [1.165, 1.54) is 4.57 Å². The molecule has 1 atom stereocenters. The monoisotopic (exact) mass is 511 g/mol. The van der Waals surface area contributed by atoms with Gasteiger partial charge < -0.3 is 19.7 Å². The van der Waals surface area contributed by atoms with Crippen LogP contribution in [0.15, 0.2) is 78.0 Å². The largest absolute Gasteiger partial charge is 0.490 e. The van der Waals surface area contributed by atoms with Crippen molar-refractivity contribution in [3.8, 4) is 16.9 Å². The van der Waals surface area contributed by atoms with E-state index < -0.39 is 18.2 Å². The first-order valence-corrected chi connectivity index (χ1v) is 10.9. The van der Waals surface area contributed by atoms with E-state index in [1.54, 1.807) is 31.7 Å². The van der Waals surface area contributed by atoms with Gasteiger partial charge >= 0.3 is 12.1 Å². The van der Waals surface area contributed by atoms with Crippen molar-refractivity contribution in [2.24, 2.45) is 7.05 Å². The third-order valence-electron chi connectivity index (χ3n) is 5.65. The number of carboxylic acids is 1. The van der Waals surface area contributed by atoms with Crippen molar-refractivity contribution in [2.45, 2.75) is 18.7 Å². The number of alkyl halides is 3. The fourth-order valence-corrected chi connectivity index (χ4v) is 3.88. The summed E-state index contributed by atoms with van der Waals surface area (Å²) in [6, 6.07) is 17.3. The number of rotatable bonds is 3. The summed E-state index contributed by atoms with van der Waals surface area (Å²) in [6.07, 6.45) is -0.187. The van der Waals surface area contributed by atoms with Crippen LogP contribution in [-0.4, -0.2) is 38.8 Å². The predicted molar refractivity (Wildman–Crippen MR) is 129 cm³/mol. The minimum atomic E-state index is -5.08. The molecule has 5 rings (SSSR count). The van der Waals surface area contributed by atoms with Gasteiger partial charge in [-0.05, 0) is 40.6 Å². The number of amides is 1. The van der Waals surface area contributed by atoms with Crippen molar-refractivity contribution in [3.63, 3.8) is 0 Å². The summed E-state index contributed by atoms with van der Waals surface area (Å²) < 4.78 is 39.1. The highest BCUT2D eigenvalue weighted by atomic mass is 19.4. The highest BCUT2D eigenvalue weighted by molar-refractivity contribution is 5.97. The van der Waals surface area contributed by atoms with Crippen LogP contribution < -0.4 is 15.6 Å². The normalized spacial score (nSPS) is 14.2. The lowest BCUT2D eigenvalue weighted by Crippen LogP contribution is -2.34. The van der Waals surface area contributed by atoms with E-state index in [9.17, 15) is 22.8 Å². The van der Waals surface area contributed by atoms with Crippen LogP contribution in [0.4, 0.5) is 18.9 Å². The molecule has 0 spiro atoms. The standard InChI is InChI=1S/C24H19N3O3.C2HF3O2/c1-27-14-17(15-8-10-25-11-9-15)12-20(24(27)29)26-23(28)22-13-19-18-5-3-2-4-16(18)6-7-21(19)30-22;3-2(4,5)1(6)7/h2-12,14,22H,13H2,1H3,(H,26,28);(H,6,7). The van der Waals surface area contributed by atoms with Gasteiger partial charge in [-0.3, -0.25) is 14.6 Å². The number of pyridine rings is 2. The van der Waals surface area contributed by atoms with E-state index in [4.69, 9.17) is 14.6 Å². The minimum Gasteiger partial charge on any atom is -0.480 e. The third-order valence-corrected chi connectivity index (χ3v) is 5.65.